The van der Waals surface area contributed by atoms with Crippen molar-refractivity contribution in [2.75, 3.05) is 0 Å². The first-order chi connectivity index (χ1) is 10.0. The van der Waals surface area contributed by atoms with Gasteiger partial charge in [0.15, 0.2) is 0 Å². The van der Waals surface area contributed by atoms with E-state index in [0.29, 0.717) is 18.8 Å². The number of hydrogen-bond donors (Lipinski definition) is 3. The van der Waals surface area contributed by atoms with Crippen LogP contribution >= 0.6 is 0 Å². The van der Waals surface area contributed by atoms with Gasteiger partial charge in [-0.3, -0.25) is 0 Å². The second kappa shape index (κ2) is 7.11. The Bertz CT molecular complexity index is 484. The number of hydrogen-bond acceptors (Lipinski definition) is 2. The molecule has 1 aliphatic carbocycles. The van der Waals surface area contributed by atoms with Crippen molar-refractivity contribution in [2.24, 2.45) is 5.92 Å². The third-order valence-corrected chi connectivity index (χ3v) is 3.88. The first-order valence-electron chi connectivity index (χ1n) is 7.38. The van der Waals surface area contributed by atoms with Gasteiger partial charge < -0.3 is 15.7 Å². The van der Waals surface area contributed by atoms with Gasteiger partial charge in [0.05, 0.1) is 0 Å². The Morgan fingerprint density at radius 2 is 1.95 bits per heavy atom. The van der Waals surface area contributed by atoms with Crippen LogP contribution in [0.4, 0.5) is 4.79 Å². The monoisotopic (exact) mass is 290 g/mol. The largest absolute Gasteiger partial charge is 0.480 e. The van der Waals surface area contributed by atoms with Gasteiger partial charge in [0.25, 0.3) is 0 Å². The predicted molar refractivity (Wildman–Crippen MR) is 80.0 cm³/mol. The Hall–Kier alpha value is -2.04. The first-order valence-corrected chi connectivity index (χ1v) is 7.38. The van der Waals surface area contributed by atoms with Crippen LogP contribution in [0.3, 0.4) is 0 Å². The minimum absolute atomic E-state index is 0.184. The normalized spacial score (nSPS) is 22.0. The fraction of sp³-hybridized carbons (Fsp3) is 0.500. The van der Waals surface area contributed by atoms with E-state index in [1.807, 2.05) is 30.3 Å². The van der Waals surface area contributed by atoms with Gasteiger partial charge in [-0.2, -0.15) is 0 Å². The molecule has 0 unspecified atom stereocenters. The Kier molecular flexibility index (Phi) is 5.20. The number of carbonyl (C=O) groups excluding carboxylic acids is 1. The summed E-state index contributed by atoms with van der Waals surface area (Å²) >= 11 is 0. The number of aliphatic carboxylic acids is 1. The van der Waals surface area contributed by atoms with Crippen molar-refractivity contribution in [2.45, 2.75) is 44.7 Å². The number of carbonyl (C=O) groups is 2. The van der Waals surface area contributed by atoms with Crippen LogP contribution in [-0.2, 0) is 11.2 Å². The molecule has 1 aliphatic rings. The highest BCUT2D eigenvalue weighted by atomic mass is 16.4. The number of benzene rings is 1. The van der Waals surface area contributed by atoms with Crippen LogP contribution in [0.2, 0.25) is 0 Å². The molecule has 0 spiro atoms. The molecule has 0 aromatic heterocycles. The van der Waals surface area contributed by atoms with E-state index in [9.17, 15) is 14.7 Å². The van der Waals surface area contributed by atoms with E-state index in [1.54, 1.807) is 0 Å². The lowest BCUT2D eigenvalue weighted by Gasteiger charge is -2.33. The predicted octanol–water partition coefficient (Wildman–Crippen LogP) is 2.17. The van der Waals surface area contributed by atoms with E-state index in [-0.39, 0.29) is 12.1 Å². The van der Waals surface area contributed by atoms with Gasteiger partial charge in [-0.05, 0) is 37.2 Å². The zero-order valence-electron chi connectivity index (χ0n) is 12.2. The second-order valence-corrected chi connectivity index (χ2v) is 5.81. The lowest BCUT2D eigenvalue weighted by atomic mass is 9.82. The molecule has 1 aromatic carbocycles. The van der Waals surface area contributed by atoms with Gasteiger partial charge in [-0.25, -0.2) is 9.59 Å². The smallest absolute Gasteiger partial charge is 0.326 e. The molecule has 0 saturated heterocycles. The molecule has 1 saturated carbocycles. The number of amides is 2. The van der Waals surface area contributed by atoms with Crippen LogP contribution in [0.15, 0.2) is 30.3 Å². The maximum atomic E-state index is 11.8. The van der Waals surface area contributed by atoms with Crippen molar-refractivity contribution >= 4 is 12.0 Å². The molecule has 0 heterocycles. The van der Waals surface area contributed by atoms with Crippen LogP contribution in [0.25, 0.3) is 0 Å². The van der Waals surface area contributed by atoms with Gasteiger partial charge in [0.2, 0.25) is 0 Å². The molecule has 0 aliphatic heterocycles. The van der Waals surface area contributed by atoms with Gasteiger partial charge in [-0.15, -0.1) is 0 Å². The van der Waals surface area contributed by atoms with Crippen LogP contribution in [0, 0.1) is 5.92 Å². The van der Waals surface area contributed by atoms with Crippen LogP contribution < -0.4 is 10.6 Å². The number of carboxylic acids is 1. The third kappa shape index (κ3) is 4.77. The minimum atomic E-state index is -0.997. The fourth-order valence-corrected chi connectivity index (χ4v) is 2.62. The van der Waals surface area contributed by atoms with Gasteiger partial charge in [-0.1, -0.05) is 37.3 Å². The summed E-state index contributed by atoms with van der Waals surface area (Å²) in [6, 6.07) is 8.61. The molecule has 0 bridgehead atoms. The number of rotatable bonds is 6. The zero-order valence-corrected chi connectivity index (χ0v) is 12.2. The molecule has 5 heteroatoms. The quantitative estimate of drug-likeness (QED) is 0.751. The van der Waals surface area contributed by atoms with E-state index in [0.717, 1.165) is 18.4 Å². The maximum absolute atomic E-state index is 11.8. The summed E-state index contributed by atoms with van der Waals surface area (Å²) in [7, 11) is 0. The van der Waals surface area contributed by atoms with Crippen molar-refractivity contribution < 1.29 is 14.7 Å². The summed E-state index contributed by atoms with van der Waals surface area (Å²) in [5.74, 6) is -0.355. The highest BCUT2D eigenvalue weighted by Gasteiger charge is 2.28. The Morgan fingerprint density at radius 3 is 2.52 bits per heavy atom. The van der Waals surface area contributed by atoms with Crippen molar-refractivity contribution in [3.63, 3.8) is 0 Å². The van der Waals surface area contributed by atoms with E-state index in [4.69, 9.17) is 0 Å². The van der Waals surface area contributed by atoms with E-state index in [1.165, 1.54) is 0 Å². The molecular weight excluding hydrogens is 268 g/mol. The first kappa shape index (κ1) is 15.4. The van der Waals surface area contributed by atoms with Crippen LogP contribution in [0.1, 0.15) is 31.7 Å². The summed E-state index contributed by atoms with van der Waals surface area (Å²) in [6.45, 7) is 2.13. The molecule has 3 N–H and O–H groups in total. The Balaban J connectivity index is 1.78. The van der Waals surface area contributed by atoms with Crippen LogP contribution in [-0.4, -0.2) is 29.2 Å². The Morgan fingerprint density at radius 1 is 1.29 bits per heavy atom. The minimum Gasteiger partial charge on any atom is -0.480 e. The van der Waals surface area contributed by atoms with E-state index < -0.39 is 12.0 Å². The molecule has 5 nitrogen and oxygen atoms in total. The average Bonchev–Trinajstić information content (AvgIpc) is 2.42. The average molecular weight is 290 g/mol. The molecule has 114 valence electrons. The standard InChI is InChI=1S/C16H22N2O3/c1-11-9-13(10-11)17-16(21)18-14(15(19)20)8-7-12-5-3-2-4-6-12/h2-6,11,13-14H,7-10H2,1H3,(H,19,20)(H2,17,18,21)/t11?,13?,14-/m0/s1. The summed E-state index contributed by atoms with van der Waals surface area (Å²) < 4.78 is 0. The number of aryl methyl sites for hydroxylation is 1. The lowest BCUT2D eigenvalue weighted by Crippen LogP contribution is -2.52. The lowest BCUT2D eigenvalue weighted by molar-refractivity contribution is -0.139. The molecule has 1 aromatic rings. The van der Waals surface area contributed by atoms with E-state index in [2.05, 4.69) is 17.6 Å². The summed E-state index contributed by atoms with van der Waals surface area (Å²) in [5.41, 5.74) is 1.07. The maximum Gasteiger partial charge on any atom is 0.326 e. The van der Waals surface area contributed by atoms with Gasteiger partial charge >= 0.3 is 12.0 Å². The summed E-state index contributed by atoms with van der Waals surface area (Å²) in [5, 5.41) is 14.6. The van der Waals surface area contributed by atoms with E-state index >= 15 is 0 Å². The SMILES string of the molecule is CC1CC(NC(=O)N[C@@H](CCc2ccccc2)C(=O)O)C1. The topological polar surface area (TPSA) is 78.4 Å². The number of carboxylic acid groups (broad SMARTS) is 1. The number of urea groups is 1. The fourth-order valence-electron chi connectivity index (χ4n) is 2.62. The van der Waals surface area contributed by atoms with Crippen LogP contribution in [0.5, 0.6) is 0 Å². The van der Waals surface area contributed by atoms with Crippen molar-refractivity contribution in [1.82, 2.24) is 10.6 Å². The molecule has 0 radical (unpaired) electrons. The highest BCUT2D eigenvalue weighted by molar-refractivity contribution is 5.82. The summed E-state index contributed by atoms with van der Waals surface area (Å²) in [6.07, 6.45) is 2.94. The molecule has 21 heavy (non-hydrogen) atoms. The van der Waals surface area contributed by atoms with Gasteiger partial charge in [0, 0.05) is 6.04 Å². The van der Waals surface area contributed by atoms with Gasteiger partial charge in [0.1, 0.15) is 6.04 Å². The van der Waals surface area contributed by atoms with Crippen molar-refractivity contribution in [1.29, 1.82) is 0 Å². The molecule has 2 rings (SSSR count). The molecule has 1 fully saturated rings. The molecular formula is C16H22N2O3. The third-order valence-electron chi connectivity index (χ3n) is 3.88. The van der Waals surface area contributed by atoms with Crippen molar-refractivity contribution in [3.8, 4) is 0 Å². The second-order valence-electron chi connectivity index (χ2n) is 5.81. The molecule has 1 atom stereocenters. The molecule has 2 amide bonds. The number of nitrogens with one attached hydrogen (secondary N) is 2. The Labute approximate surface area is 124 Å². The highest BCUT2D eigenvalue weighted by Crippen LogP contribution is 2.26. The van der Waals surface area contributed by atoms with Crippen molar-refractivity contribution in [3.05, 3.63) is 35.9 Å². The summed E-state index contributed by atoms with van der Waals surface area (Å²) in [4.78, 5) is 23.0. The zero-order chi connectivity index (χ0) is 15.2.